The molecule has 102 valence electrons. The van der Waals surface area contributed by atoms with Gasteiger partial charge in [-0.25, -0.2) is 0 Å². The summed E-state index contributed by atoms with van der Waals surface area (Å²) in [5.74, 6) is 0. The van der Waals surface area contributed by atoms with Crippen molar-refractivity contribution in [2.75, 3.05) is 39.9 Å². The van der Waals surface area contributed by atoms with Gasteiger partial charge in [0, 0.05) is 26.2 Å². The normalized spacial score (nSPS) is 23.8. The molecule has 0 aliphatic carbocycles. The Balaban J connectivity index is 2.31. The number of hydrogen-bond acceptors (Lipinski definition) is 4. The van der Waals surface area contributed by atoms with Crippen LogP contribution in [0, 0.1) is 0 Å². The van der Waals surface area contributed by atoms with E-state index in [1.165, 1.54) is 25.7 Å². The lowest BCUT2D eigenvalue weighted by molar-refractivity contribution is 0.0182. The molecule has 2 unspecified atom stereocenters. The summed E-state index contributed by atoms with van der Waals surface area (Å²) < 4.78 is 4.99. The maximum absolute atomic E-state index is 9.80. The minimum atomic E-state index is -0.355. The van der Waals surface area contributed by atoms with Crippen LogP contribution in [0.2, 0.25) is 0 Å². The molecule has 0 spiro atoms. The largest absolute Gasteiger partial charge is 0.389 e. The Morgan fingerprint density at radius 3 is 3.00 bits per heavy atom. The smallest absolute Gasteiger partial charge is 0.0900 e. The molecule has 1 rings (SSSR count). The average molecular weight is 244 g/mol. The number of aliphatic hydroxyl groups is 1. The van der Waals surface area contributed by atoms with E-state index in [0.717, 1.165) is 26.2 Å². The number of nitrogens with zero attached hydrogens (tertiary/aromatic N) is 1. The predicted molar refractivity (Wildman–Crippen MR) is 70.3 cm³/mol. The lowest BCUT2D eigenvalue weighted by Crippen LogP contribution is -2.49. The Morgan fingerprint density at radius 1 is 1.47 bits per heavy atom. The Kier molecular flexibility index (Phi) is 7.77. The molecule has 0 radical (unpaired) electrons. The number of ether oxygens (including phenoxy) is 1. The first-order valence-electron chi connectivity index (χ1n) is 6.89. The van der Waals surface area contributed by atoms with E-state index in [1.54, 1.807) is 7.11 Å². The van der Waals surface area contributed by atoms with Gasteiger partial charge in [0.25, 0.3) is 0 Å². The molecule has 2 atom stereocenters. The summed E-state index contributed by atoms with van der Waals surface area (Å²) in [6.45, 7) is 6.61. The summed E-state index contributed by atoms with van der Waals surface area (Å²) in [5, 5.41) is 13.3. The quantitative estimate of drug-likeness (QED) is 0.621. The minimum absolute atomic E-state index is 0.355. The van der Waals surface area contributed by atoms with Crippen LogP contribution in [0.1, 0.15) is 32.6 Å². The van der Waals surface area contributed by atoms with Gasteiger partial charge < -0.3 is 15.2 Å². The topological polar surface area (TPSA) is 44.7 Å². The minimum Gasteiger partial charge on any atom is -0.389 e. The van der Waals surface area contributed by atoms with Crippen LogP contribution in [0.3, 0.4) is 0 Å². The summed E-state index contributed by atoms with van der Waals surface area (Å²) in [5.41, 5.74) is 0. The zero-order valence-electron chi connectivity index (χ0n) is 11.3. The van der Waals surface area contributed by atoms with E-state index in [1.807, 2.05) is 0 Å². The SMILES string of the molecule is CCCNCC1CCCCN1CC(O)COC. The number of piperidine rings is 1. The molecule has 1 fully saturated rings. The predicted octanol–water partition coefficient (Wildman–Crippen LogP) is 0.848. The first kappa shape index (κ1) is 14.9. The van der Waals surface area contributed by atoms with E-state index in [4.69, 9.17) is 4.74 Å². The average Bonchev–Trinajstić information content (AvgIpc) is 2.32. The van der Waals surface area contributed by atoms with Gasteiger partial charge in [0.1, 0.15) is 0 Å². The maximum atomic E-state index is 9.80. The Labute approximate surface area is 105 Å². The van der Waals surface area contributed by atoms with Crippen LogP contribution in [0.25, 0.3) is 0 Å². The van der Waals surface area contributed by atoms with Gasteiger partial charge in [0.15, 0.2) is 0 Å². The molecule has 0 aromatic carbocycles. The molecule has 0 amide bonds. The van der Waals surface area contributed by atoms with Gasteiger partial charge in [0.2, 0.25) is 0 Å². The molecule has 4 heteroatoms. The zero-order chi connectivity index (χ0) is 12.5. The summed E-state index contributed by atoms with van der Waals surface area (Å²) in [7, 11) is 1.64. The van der Waals surface area contributed by atoms with Crippen LogP contribution in [-0.2, 0) is 4.74 Å². The summed E-state index contributed by atoms with van der Waals surface area (Å²) in [6, 6.07) is 0.585. The van der Waals surface area contributed by atoms with Crippen LogP contribution >= 0.6 is 0 Å². The highest BCUT2D eigenvalue weighted by molar-refractivity contribution is 4.80. The second-order valence-electron chi connectivity index (χ2n) is 4.96. The number of aliphatic hydroxyl groups excluding tert-OH is 1. The third-order valence-electron chi connectivity index (χ3n) is 3.36. The lowest BCUT2D eigenvalue weighted by Gasteiger charge is -2.37. The fourth-order valence-corrected chi connectivity index (χ4v) is 2.49. The second-order valence-corrected chi connectivity index (χ2v) is 4.96. The number of nitrogens with one attached hydrogen (secondary N) is 1. The monoisotopic (exact) mass is 244 g/mol. The van der Waals surface area contributed by atoms with Crippen LogP contribution in [0.5, 0.6) is 0 Å². The van der Waals surface area contributed by atoms with Crippen molar-refractivity contribution < 1.29 is 9.84 Å². The highest BCUT2D eigenvalue weighted by atomic mass is 16.5. The second kappa shape index (κ2) is 8.86. The molecule has 1 aliphatic heterocycles. The number of β-amino-alcohol motifs (C(OH)–C–C–N with tert-alkyl or cyclic N) is 1. The molecular weight excluding hydrogens is 216 g/mol. The summed E-state index contributed by atoms with van der Waals surface area (Å²) in [6.07, 6.45) is 4.64. The number of hydrogen-bond donors (Lipinski definition) is 2. The van der Waals surface area contributed by atoms with Crippen molar-refractivity contribution in [1.82, 2.24) is 10.2 Å². The van der Waals surface area contributed by atoms with Crippen molar-refractivity contribution in [3.63, 3.8) is 0 Å². The van der Waals surface area contributed by atoms with E-state index >= 15 is 0 Å². The van der Waals surface area contributed by atoms with Gasteiger partial charge in [-0.15, -0.1) is 0 Å². The number of likely N-dealkylation sites (tertiary alicyclic amines) is 1. The third kappa shape index (κ3) is 5.82. The molecule has 1 saturated heterocycles. The third-order valence-corrected chi connectivity index (χ3v) is 3.36. The molecule has 1 heterocycles. The van der Waals surface area contributed by atoms with Crippen molar-refractivity contribution in [3.05, 3.63) is 0 Å². The molecule has 0 saturated carbocycles. The van der Waals surface area contributed by atoms with E-state index in [-0.39, 0.29) is 6.10 Å². The summed E-state index contributed by atoms with van der Waals surface area (Å²) in [4.78, 5) is 2.41. The van der Waals surface area contributed by atoms with E-state index in [0.29, 0.717) is 12.6 Å². The number of rotatable bonds is 8. The van der Waals surface area contributed by atoms with Crippen molar-refractivity contribution >= 4 is 0 Å². The van der Waals surface area contributed by atoms with E-state index in [2.05, 4.69) is 17.1 Å². The van der Waals surface area contributed by atoms with Gasteiger partial charge in [-0.1, -0.05) is 13.3 Å². The molecule has 17 heavy (non-hydrogen) atoms. The van der Waals surface area contributed by atoms with Crippen molar-refractivity contribution in [1.29, 1.82) is 0 Å². The lowest BCUT2D eigenvalue weighted by atomic mass is 10.0. The van der Waals surface area contributed by atoms with Crippen LogP contribution < -0.4 is 5.32 Å². The fourth-order valence-electron chi connectivity index (χ4n) is 2.49. The molecule has 4 nitrogen and oxygen atoms in total. The van der Waals surface area contributed by atoms with Gasteiger partial charge in [-0.3, -0.25) is 4.90 Å². The summed E-state index contributed by atoms with van der Waals surface area (Å²) >= 11 is 0. The van der Waals surface area contributed by atoms with Crippen molar-refractivity contribution in [3.8, 4) is 0 Å². The van der Waals surface area contributed by atoms with Gasteiger partial charge in [-0.2, -0.15) is 0 Å². The Morgan fingerprint density at radius 2 is 2.29 bits per heavy atom. The maximum Gasteiger partial charge on any atom is 0.0900 e. The molecule has 1 aliphatic rings. The van der Waals surface area contributed by atoms with Gasteiger partial charge in [0.05, 0.1) is 12.7 Å². The molecule has 2 N–H and O–H groups in total. The van der Waals surface area contributed by atoms with Gasteiger partial charge >= 0.3 is 0 Å². The molecule has 0 aromatic rings. The first-order chi connectivity index (χ1) is 8.27. The highest BCUT2D eigenvalue weighted by Gasteiger charge is 2.23. The van der Waals surface area contributed by atoms with Gasteiger partial charge in [-0.05, 0) is 32.4 Å². The Bertz CT molecular complexity index is 190. The van der Waals surface area contributed by atoms with E-state index in [9.17, 15) is 5.11 Å². The molecule has 0 bridgehead atoms. The highest BCUT2D eigenvalue weighted by Crippen LogP contribution is 2.16. The van der Waals surface area contributed by atoms with E-state index < -0.39 is 0 Å². The first-order valence-corrected chi connectivity index (χ1v) is 6.89. The van der Waals surface area contributed by atoms with Crippen molar-refractivity contribution in [2.24, 2.45) is 0 Å². The molecular formula is C13H28N2O2. The van der Waals surface area contributed by atoms with Crippen LogP contribution in [-0.4, -0.2) is 62.0 Å². The number of methoxy groups -OCH3 is 1. The van der Waals surface area contributed by atoms with Crippen molar-refractivity contribution in [2.45, 2.75) is 44.8 Å². The van der Waals surface area contributed by atoms with Crippen LogP contribution in [0.15, 0.2) is 0 Å². The Hall–Kier alpha value is -0.160. The standard InChI is InChI=1S/C13H28N2O2/c1-3-7-14-9-12-6-4-5-8-15(12)10-13(16)11-17-2/h12-14,16H,3-11H2,1-2H3. The molecule has 0 aromatic heterocycles. The fraction of sp³-hybridized carbons (Fsp3) is 1.00. The zero-order valence-corrected chi connectivity index (χ0v) is 11.3. The van der Waals surface area contributed by atoms with Crippen LogP contribution in [0.4, 0.5) is 0 Å².